The number of hydrogen-bond acceptors (Lipinski definition) is 6. The Balaban J connectivity index is 4.12. The third-order valence-corrected chi connectivity index (χ3v) is 10.4. The lowest BCUT2D eigenvalue weighted by molar-refractivity contribution is -0.167. The maximum absolute atomic E-state index is 12.7. The Bertz CT molecular complexity index is 1200. The average Bonchev–Trinajstić information content (AvgIpc) is 3.26. The molecule has 0 radical (unpaired) electrons. The van der Waals surface area contributed by atoms with Gasteiger partial charge in [-0.15, -0.1) is 0 Å². The molecule has 6 nitrogen and oxygen atoms in total. The zero-order valence-electron chi connectivity index (χ0n) is 39.7. The lowest BCUT2D eigenvalue weighted by atomic mass is 10.1. The highest BCUT2D eigenvalue weighted by molar-refractivity contribution is 5.71. The highest BCUT2D eigenvalue weighted by Gasteiger charge is 2.19. The number of esters is 3. The Labute approximate surface area is 375 Å². The summed E-state index contributed by atoms with van der Waals surface area (Å²) in [6.45, 7) is 6.37. The zero-order chi connectivity index (χ0) is 44.4. The number of hydrogen-bond donors (Lipinski definition) is 0. The number of unbranched alkanes of at least 4 members (excludes halogenated alkanes) is 19. The molecule has 0 aliphatic heterocycles. The van der Waals surface area contributed by atoms with Crippen molar-refractivity contribution in [3.05, 3.63) is 85.1 Å². The van der Waals surface area contributed by atoms with Gasteiger partial charge in [0.1, 0.15) is 13.2 Å². The summed E-state index contributed by atoms with van der Waals surface area (Å²) in [5.41, 5.74) is 0. The van der Waals surface area contributed by atoms with Crippen molar-refractivity contribution < 1.29 is 28.6 Å². The number of carbonyl (C=O) groups excluding carboxylic acids is 3. The van der Waals surface area contributed by atoms with Crippen LogP contribution in [0.3, 0.4) is 0 Å². The van der Waals surface area contributed by atoms with Crippen LogP contribution < -0.4 is 0 Å². The largest absolute Gasteiger partial charge is 0.462 e. The van der Waals surface area contributed by atoms with E-state index >= 15 is 0 Å². The van der Waals surface area contributed by atoms with Gasteiger partial charge >= 0.3 is 17.9 Å². The molecule has 1 atom stereocenters. The molecule has 61 heavy (non-hydrogen) atoms. The van der Waals surface area contributed by atoms with Crippen LogP contribution in [0.4, 0.5) is 0 Å². The summed E-state index contributed by atoms with van der Waals surface area (Å²) in [7, 11) is 0. The van der Waals surface area contributed by atoms with E-state index in [0.29, 0.717) is 19.3 Å². The summed E-state index contributed by atoms with van der Waals surface area (Å²) in [5.74, 6) is -0.917. The molecule has 0 aromatic heterocycles. The highest BCUT2D eigenvalue weighted by Crippen LogP contribution is 2.14. The van der Waals surface area contributed by atoms with E-state index in [4.69, 9.17) is 14.2 Å². The molecule has 0 amide bonds. The van der Waals surface area contributed by atoms with Crippen LogP contribution in [0.15, 0.2) is 85.1 Å². The number of ether oxygens (including phenoxy) is 3. The third kappa shape index (κ3) is 47.5. The summed E-state index contributed by atoms with van der Waals surface area (Å²) in [5, 5.41) is 0. The van der Waals surface area contributed by atoms with E-state index in [1.54, 1.807) is 0 Å². The van der Waals surface area contributed by atoms with Gasteiger partial charge in [-0.25, -0.2) is 0 Å². The zero-order valence-corrected chi connectivity index (χ0v) is 39.7. The summed E-state index contributed by atoms with van der Waals surface area (Å²) >= 11 is 0. The molecule has 0 N–H and O–H groups in total. The first kappa shape index (κ1) is 57.6. The fraction of sp³-hybridized carbons (Fsp3) is 0.691. The van der Waals surface area contributed by atoms with Gasteiger partial charge in [0.05, 0.1) is 0 Å². The van der Waals surface area contributed by atoms with Gasteiger partial charge in [-0.1, -0.05) is 202 Å². The Morgan fingerprint density at radius 2 is 0.672 bits per heavy atom. The molecular formula is C55H92O6. The number of rotatable bonds is 44. The minimum Gasteiger partial charge on any atom is -0.462 e. The predicted molar refractivity (Wildman–Crippen MR) is 261 cm³/mol. The molecule has 0 aliphatic carbocycles. The second kappa shape index (κ2) is 49.2. The van der Waals surface area contributed by atoms with Crippen LogP contribution in [-0.4, -0.2) is 37.2 Å². The Hall–Kier alpha value is -3.41. The van der Waals surface area contributed by atoms with E-state index in [1.165, 1.54) is 64.2 Å². The molecule has 0 rings (SSSR count). The van der Waals surface area contributed by atoms with Crippen molar-refractivity contribution >= 4 is 17.9 Å². The molecule has 0 bridgehead atoms. The molecule has 0 aromatic carbocycles. The summed E-state index contributed by atoms with van der Waals surface area (Å²) in [6, 6.07) is 0. The van der Waals surface area contributed by atoms with Gasteiger partial charge in [0, 0.05) is 19.3 Å². The molecule has 0 saturated heterocycles. The van der Waals surface area contributed by atoms with E-state index in [9.17, 15) is 14.4 Å². The number of allylic oxidation sites excluding steroid dienone is 14. The van der Waals surface area contributed by atoms with E-state index in [-0.39, 0.29) is 31.1 Å². The van der Waals surface area contributed by atoms with Gasteiger partial charge in [-0.2, -0.15) is 0 Å². The van der Waals surface area contributed by atoms with Crippen molar-refractivity contribution in [1.29, 1.82) is 0 Å². The molecule has 0 spiro atoms. The monoisotopic (exact) mass is 849 g/mol. The van der Waals surface area contributed by atoms with Crippen molar-refractivity contribution in [1.82, 2.24) is 0 Å². The van der Waals surface area contributed by atoms with Crippen LogP contribution in [0.5, 0.6) is 0 Å². The molecule has 1 unspecified atom stereocenters. The first-order valence-electron chi connectivity index (χ1n) is 25.1. The molecule has 0 aliphatic rings. The molecule has 6 heteroatoms. The molecular weight excluding hydrogens is 757 g/mol. The second-order valence-electron chi connectivity index (χ2n) is 16.3. The van der Waals surface area contributed by atoms with Crippen LogP contribution in [-0.2, 0) is 28.6 Å². The van der Waals surface area contributed by atoms with E-state index < -0.39 is 6.10 Å². The van der Waals surface area contributed by atoms with Crippen molar-refractivity contribution in [2.24, 2.45) is 0 Å². The van der Waals surface area contributed by atoms with Crippen LogP contribution in [0.1, 0.15) is 226 Å². The first-order chi connectivity index (χ1) is 30.0. The maximum atomic E-state index is 12.7. The Kier molecular flexibility index (Phi) is 46.5. The highest BCUT2D eigenvalue weighted by atomic mass is 16.6. The van der Waals surface area contributed by atoms with Crippen LogP contribution in [0.25, 0.3) is 0 Å². The van der Waals surface area contributed by atoms with Gasteiger partial charge in [-0.05, 0) is 89.9 Å². The van der Waals surface area contributed by atoms with Crippen molar-refractivity contribution in [3.63, 3.8) is 0 Å². The fourth-order valence-corrected chi connectivity index (χ4v) is 6.62. The number of carbonyl (C=O) groups is 3. The van der Waals surface area contributed by atoms with Crippen molar-refractivity contribution in [2.45, 2.75) is 232 Å². The standard InChI is InChI=1S/C55H92O6/c1-4-7-10-13-16-18-20-21-22-23-24-25-26-27-28-29-30-31-32-33-34-35-36-38-39-42-45-48-54(57)60-51-52(50-59-53(56)47-44-41-15-12-9-6-3)61-55(58)49-46-43-40-37-19-17-14-11-8-5-2/h7,10-11,14,16,18,21-22,24-25,27-28,30-31,52H,4-6,8-9,12-13,15,17,19-20,23,26,29,32-51H2,1-3H3/b10-7-,14-11-,18-16-,22-21-,25-24-,28-27-,31-30-. The lowest BCUT2D eigenvalue weighted by Gasteiger charge is -2.18. The molecule has 348 valence electrons. The SMILES string of the molecule is CC/C=C\C/C=C\C/C=C\C/C=C\C/C=C\C/C=C\CCCCCCCCCCC(=O)OCC(COC(=O)CCCCCCCC)OC(=O)CCCCCCC/C=C\CCC. The smallest absolute Gasteiger partial charge is 0.306 e. The predicted octanol–water partition coefficient (Wildman–Crippen LogP) is 16.4. The fourth-order valence-electron chi connectivity index (χ4n) is 6.62. The van der Waals surface area contributed by atoms with E-state index in [2.05, 4.69) is 106 Å². The summed E-state index contributed by atoms with van der Waals surface area (Å²) < 4.78 is 16.6. The van der Waals surface area contributed by atoms with Gasteiger partial charge in [0.25, 0.3) is 0 Å². The average molecular weight is 849 g/mol. The quantitative estimate of drug-likeness (QED) is 0.0263. The minimum absolute atomic E-state index is 0.0827. The Morgan fingerprint density at radius 3 is 1.08 bits per heavy atom. The second-order valence-corrected chi connectivity index (χ2v) is 16.3. The molecule has 0 saturated carbocycles. The van der Waals surface area contributed by atoms with Gasteiger partial charge in [0.2, 0.25) is 0 Å². The van der Waals surface area contributed by atoms with Gasteiger partial charge in [-0.3, -0.25) is 14.4 Å². The van der Waals surface area contributed by atoms with Crippen LogP contribution in [0.2, 0.25) is 0 Å². The normalized spacial score (nSPS) is 12.8. The van der Waals surface area contributed by atoms with E-state index in [0.717, 1.165) is 122 Å². The van der Waals surface area contributed by atoms with Crippen LogP contribution in [0, 0.1) is 0 Å². The summed E-state index contributed by atoms with van der Waals surface area (Å²) in [6.07, 6.45) is 63.2. The van der Waals surface area contributed by atoms with E-state index in [1.807, 2.05) is 0 Å². The lowest BCUT2D eigenvalue weighted by Crippen LogP contribution is -2.30. The van der Waals surface area contributed by atoms with Crippen molar-refractivity contribution in [3.8, 4) is 0 Å². The minimum atomic E-state index is -0.778. The van der Waals surface area contributed by atoms with Crippen molar-refractivity contribution in [2.75, 3.05) is 13.2 Å². The first-order valence-corrected chi connectivity index (χ1v) is 25.1. The summed E-state index contributed by atoms with van der Waals surface area (Å²) in [4.78, 5) is 37.6. The van der Waals surface area contributed by atoms with Gasteiger partial charge in [0.15, 0.2) is 6.10 Å². The van der Waals surface area contributed by atoms with Gasteiger partial charge < -0.3 is 14.2 Å². The third-order valence-electron chi connectivity index (χ3n) is 10.4. The van der Waals surface area contributed by atoms with Crippen LogP contribution >= 0.6 is 0 Å². The topological polar surface area (TPSA) is 78.9 Å². The maximum Gasteiger partial charge on any atom is 0.306 e. The molecule has 0 heterocycles. The Morgan fingerprint density at radius 1 is 0.344 bits per heavy atom. The molecule has 0 fully saturated rings. The molecule has 0 aromatic rings.